The number of carbonyl (C=O) groups is 3. The van der Waals surface area contributed by atoms with Crippen LogP contribution in [0.3, 0.4) is 0 Å². The maximum absolute atomic E-state index is 13.7. The molecule has 0 N–H and O–H groups in total. The molecular weight excluding hydrogens is 289 g/mol. The second kappa shape index (κ2) is 5.07. The fourth-order valence-corrected chi connectivity index (χ4v) is 2.17. The van der Waals surface area contributed by atoms with Crippen molar-refractivity contribution < 1.29 is 23.6 Å². The molecule has 0 unspecified atom stereocenters. The molecule has 1 heterocycles. The van der Waals surface area contributed by atoms with Crippen molar-refractivity contribution >= 4 is 17.8 Å². The standard InChI is InChI=1S/C16H10FNO4/c1-9-6-7-12(13(17)8-9)16(21)22-18-14(19)10-4-2-3-5-11(10)15(18)20/h2-8H,1H3. The summed E-state index contributed by atoms with van der Waals surface area (Å²) in [7, 11) is 0. The summed E-state index contributed by atoms with van der Waals surface area (Å²) in [6.45, 7) is 1.67. The van der Waals surface area contributed by atoms with Gasteiger partial charge in [-0.3, -0.25) is 9.59 Å². The quantitative estimate of drug-likeness (QED) is 0.799. The van der Waals surface area contributed by atoms with Gasteiger partial charge in [-0.05, 0) is 36.8 Å². The Labute approximate surface area is 124 Å². The topological polar surface area (TPSA) is 63.7 Å². The number of carbonyl (C=O) groups excluding carboxylic acids is 3. The van der Waals surface area contributed by atoms with Crippen LogP contribution in [-0.2, 0) is 4.84 Å². The Kier molecular flexibility index (Phi) is 3.21. The van der Waals surface area contributed by atoms with Gasteiger partial charge >= 0.3 is 5.97 Å². The summed E-state index contributed by atoms with van der Waals surface area (Å²) in [5.74, 6) is -3.38. The third kappa shape index (κ3) is 2.14. The van der Waals surface area contributed by atoms with E-state index >= 15 is 0 Å². The average Bonchev–Trinajstić information content (AvgIpc) is 2.73. The van der Waals surface area contributed by atoms with Crippen molar-refractivity contribution in [3.63, 3.8) is 0 Å². The molecule has 0 aliphatic carbocycles. The molecule has 2 amide bonds. The Morgan fingerprint density at radius 1 is 1.05 bits per heavy atom. The van der Waals surface area contributed by atoms with E-state index in [-0.39, 0.29) is 16.7 Å². The van der Waals surface area contributed by atoms with Gasteiger partial charge < -0.3 is 4.84 Å². The van der Waals surface area contributed by atoms with Crippen molar-refractivity contribution in [1.82, 2.24) is 5.06 Å². The number of hydroxylamine groups is 2. The summed E-state index contributed by atoms with van der Waals surface area (Å²) < 4.78 is 13.7. The van der Waals surface area contributed by atoms with Gasteiger partial charge in [-0.15, -0.1) is 0 Å². The molecule has 1 aliphatic heterocycles. The molecule has 5 nitrogen and oxygen atoms in total. The second-order valence-electron chi connectivity index (χ2n) is 4.81. The summed E-state index contributed by atoms with van der Waals surface area (Å²) in [4.78, 5) is 40.8. The van der Waals surface area contributed by atoms with Crippen LogP contribution in [0.5, 0.6) is 0 Å². The number of rotatable bonds is 2. The molecule has 0 spiro atoms. The van der Waals surface area contributed by atoms with Crippen LogP contribution >= 0.6 is 0 Å². The minimum Gasteiger partial charge on any atom is -0.324 e. The molecule has 6 heteroatoms. The highest BCUT2D eigenvalue weighted by molar-refractivity contribution is 6.21. The van der Waals surface area contributed by atoms with Gasteiger partial charge in [0.05, 0.1) is 16.7 Å². The van der Waals surface area contributed by atoms with Crippen LogP contribution < -0.4 is 0 Å². The molecule has 2 aromatic carbocycles. The number of aryl methyl sites for hydroxylation is 1. The third-order valence-electron chi connectivity index (χ3n) is 3.28. The molecule has 1 aliphatic rings. The summed E-state index contributed by atoms with van der Waals surface area (Å²) >= 11 is 0. The Bertz CT molecular complexity index is 781. The predicted octanol–water partition coefficient (Wildman–Crippen LogP) is 2.50. The van der Waals surface area contributed by atoms with Crippen LogP contribution in [0, 0.1) is 12.7 Å². The van der Waals surface area contributed by atoms with Crippen molar-refractivity contribution in [2.24, 2.45) is 0 Å². The van der Waals surface area contributed by atoms with Gasteiger partial charge in [-0.2, -0.15) is 0 Å². The number of benzene rings is 2. The van der Waals surface area contributed by atoms with Crippen LogP contribution in [-0.4, -0.2) is 22.8 Å². The SMILES string of the molecule is Cc1ccc(C(=O)ON2C(=O)c3ccccc3C2=O)c(F)c1. The average molecular weight is 299 g/mol. The number of hydrogen-bond donors (Lipinski definition) is 0. The molecule has 2 aromatic rings. The molecule has 22 heavy (non-hydrogen) atoms. The first-order valence-electron chi connectivity index (χ1n) is 6.45. The zero-order valence-corrected chi connectivity index (χ0v) is 11.5. The number of imide groups is 1. The lowest BCUT2D eigenvalue weighted by atomic mass is 10.1. The smallest absolute Gasteiger partial charge is 0.324 e. The van der Waals surface area contributed by atoms with Crippen molar-refractivity contribution in [3.05, 3.63) is 70.5 Å². The van der Waals surface area contributed by atoms with Crippen molar-refractivity contribution in [2.75, 3.05) is 0 Å². The molecular formula is C16H10FNO4. The van der Waals surface area contributed by atoms with Gasteiger partial charge in [-0.25, -0.2) is 9.18 Å². The number of amides is 2. The fraction of sp³-hybridized carbons (Fsp3) is 0.0625. The zero-order chi connectivity index (χ0) is 15.9. The van der Waals surface area contributed by atoms with Gasteiger partial charge in [0, 0.05) is 0 Å². The van der Waals surface area contributed by atoms with E-state index in [1.165, 1.54) is 30.3 Å². The number of fused-ring (bicyclic) bond motifs is 1. The van der Waals surface area contributed by atoms with Crippen LogP contribution in [0.2, 0.25) is 0 Å². The van der Waals surface area contributed by atoms with E-state index in [1.807, 2.05) is 0 Å². The summed E-state index contributed by atoms with van der Waals surface area (Å²) in [5, 5.41) is 0.353. The molecule has 0 bridgehead atoms. The molecule has 0 saturated heterocycles. The van der Waals surface area contributed by atoms with Crippen LogP contribution in [0.15, 0.2) is 42.5 Å². The normalized spacial score (nSPS) is 13.3. The molecule has 3 rings (SSSR count). The van der Waals surface area contributed by atoms with E-state index in [2.05, 4.69) is 0 Å². The van der Waals surface area contributed by atoms with E-state index in [9.17, 15) is 18.8 Å². The summed E-state index contributed by atoms with van der Waals surface area (Å²) in [6, 6.07) is 10.0. The van der Waals surface area contributed by atoms with E-state index in [1.54, 1.807) is 19.1 Å². The van der Waals surface area contributed by atoms with Crippen molar-refractivity contribution in [2.45, 2.75) is 6.92 Å². The van der Waals surface area contributed by atoms with Gasteiger partial charge in [-0.1, -0.05) is 23.3 Å². The molecule has 0 fully saturated rings. The monoisotopic (exact) mass is 299 g/mol. The van der Waals surface area contributed by atoms with Gasteiger partial charge in [0.15, 0.2) is 0 Å². The number of nitrogens with zero attached hydrogens (tertiary/aromatic N) is 1. The predicted molar refractivity (Wildman–Crippen MR) is 73.5 cm³/mol. The highest BCUT2D eigenvalue weighted by Crippen LogP contribution is 2.23. The zero-order valence-electron chi connectivity index (χ0n) is 11.5. The third-order valence-corrected chi connectivity index (χ3v) is 3.28. The van der Waals surface area contributed by atoms with E-state index in [0.29, 0.717) is 10.6 Å². The highest BCUT2D eigenvalue weighted by atomic mass is 19.1. The van der Waals surface area contributed by atoms with Gasteiger partial charge in [0.2, 0.25) is 0 Å². The second-order valence-corrected chi connectivity index (χ2v) is 4.81. The Morgan fingerprint density at radius 3 is 2.18 bits per heavy atom. The lowest BCUT2D eigenvalue weighted by Gasteiger charge is -2.13. The van der Waals surface area contributed by atoms with Gasteiger partial charge in [0.1, 0.15) is 5.82 Å². The van der Waals surface area contributed by atoms with Crippen molar-refractivity contribution in [3.8, 4) is 0 Å². The molecule has 0 saturated carbocycles. The minimum atomic E-state index is -1.10. The van der Waals surface area contributed by atoms with E-state index in [0.717, 1.165) is 0 Å². The number of halogens is 1. The van der Waals surface area contributed by atoms with E-state index < -0.39 is 23.6 Å². The fourth-order valence-electron chi connectivity index (χ4n) is 2.17. The molecule has 0 radical (unpaired) electrons. The first-order chi connectivity index (χ1) is 10.5. The summed E-state index contributed by atoms with van der Waals surface area (Å²) in [6.07, 6.45) is 0. The number of hydrogen-bond acceptors (Lipinski definition) is 4. The first-order valence-corrected chi connectivity index (χ1v) is 6.45. The molecule has 0 atom stereocenters. The Hall–Kier alpha value is -3.02. The Balaban J connectivity index is 1.87. The Morgan fingerprint density at radius 2 is 1.64 bits per heavy atom. The van der Waals surface area contributed by atoms with Crippen molar-refractivity contribution in [1.29, 1.82) is 0 Å². The highest BCUT2D eigenvalue weighted by Gasteiger charge is 2.39. The minimum absolute atomic E-state index is 0.143. The maximum atomic E-state index is 13.7. The van der Waals surface area contributed by atoms with Crippen LogP contribution in [0.25, 0.3) is 0 Å². The van der Waals surface area contributed by atoms with Gasteiger partial charge in [0.25, 0.3) is 11.8 Å². The lowest BCUT2D eigenvalue weighted by molar-refractivity contribution is -0.0587. The summed E-state index contributed by atoms with van der Waals surface area (Å²) in [5.41, 5.74) is 0.575. The lowest BCUT2D eigenvalue weighted by Crippen LogP contribution is -2.33. The first kappa shape index (κ1) is 13.9. The van der Waals surface area contributed by atoms with E-state index in [4.69, 9.17) is 4.84 Å². The van der Waals surface area contributed by atoms with Crippen LogP contribution in [0.4, 0.5) is 4.39 Å². The largest absolute Gasteiger partial charge is 0.366 e. The van der Waals surface area contributed by atoms with Crippen LogP contribution in [0.1, 0.15) is 36.6 Å². The molecule has 110 valence electrons. The maximum Gasteiger partial charge on any atom is 0.366 e. The molecule has 0 aromatic heterocycles.